The van der Waals surface area contributed by atoms with E-state index in [-0.39, 0.29) is 94.9 Å². The molecule has 100 heavy (non-hydrogen) atoms. The molecule has 550 valence electrons. The first kappa shape index (κ1) is 83.2. The summed E-state index contributed by atoms with van der Waals surface area (Å²) in [5.74, 6) is -4.08. The van der Waals surface area contributed by atoms with Gasteiger partial charge in [-0.15, -0.1) is 0 Å². The fourth-order valence-corrected chi connectivity index (χ4v) is 9.62. The molecule has 0 spiro atoms. The van der Waals surface area contributed by atoms with Crippen LogP contribution >= 0.6 is 34.8 Å². The molecule has 5 rings (SSSR count). The van der Waals surface area contributed by atoms with Crippen molar-refractivity contribution in [1.82, 2.24) is 26.2 Å². The normalized spacial score (nSPS) is 12.2. The van der Waals surface area contributed by atoms with E-state index in [0.29, 0.717) is 194 Å². The Morgan fingerprint density at radius 3 is 1.41 bits per heavy atom. The number of carboxylic acid groups (broad SMARTS) is 1. The van der Waals surface area contributed by atoms with Crippen LogP contribution in [0.1, 0.15) is 61.5 Å². The summed E-state index contributed by atoms with van der Waals surface area (Å²) in [6, 6.07) is 18.2. The standard InChI is InChI=1S/C68H89Cl3N6O23/c69-56-45-51(65(83)74-48-50-3-1-4-53(78)43-50)7-10-55(56)66(84)76-59(68(86)87)44-49-5-8-52(9-6-49)75-67(85)64-57(70)46-54(47-58(64)71)100-18-2-15-72-61(80)14-19-88-21-23-90-25-27-92-29-31-94-33-35-96-37-39-98-41-42-99-40-38-97-36-34-95-32-30-93-28-26-91-24-22-89-20-16-73-60(79)13-17-77-62(81)11-12-63(77)82/h1,3-12,43,45-47,59,78H,2,13-42,44,48H2,(H,72,80)(H,73,79)(H,74,83)(H,75,85)(H,76,84)(H,86,87). The van der Waals surface area contributed by atoms with Crippen molar-refractivity contribution in [2.24, 2.45) is 0 Å². The number of phenolic OH excluding ortho intramolecular Hbond substituents is 1. The molecule has 0 aromatic heterocycles. The summed E-state index contributed by atoms with van der Waals surface area (Å²) in [7, 11) is 0. The Labute approximate surface area is 595 Å². The lowest BCUT2D eigenvalue weighted by Gasteiger charge is -2.16. The maximum absolute atomic E-state index is 13.3. The average molecular weight is 1460 g/mol. The molecule has 0 aliphatic carbocycles. The Morgan fingerprint density at radius 2 is 0.930 bits per heavy atom. The maximum Gasteiger partial charge on any atom is 0.326 e. The van der Waals surface area contributed by atoms with E-state index < -0.39 is 41.5 Å². The van der Waals surface area contributed by atoms with Crippen LogP contribution in [-0.2, 0) is 93.8 Å². The highest BCUT2D eigenvalue weighted by Gasteiger charge is 2.25. The van der Waals surface area contributed by atoms with E-state index in [1.807, 2.05) is 0 Å². The number of phenols is 1. The number of benzene rings is 4. The smallest absolute Gasteiger partial charge is 0.326 e. The van der Waals surface area contributed by atoms with Crippen LogP contribution in [0.15, 0.2) is 91.0 Å². The molecule has 1 heterocycles. The van der Waals surface area contributed by atoms with Gasteiger partial charge < -0.3 is 98.4 Å². The third kappa shape index (κ3) is 35.7. The number of rotatable bonds is 57. The molecule has 0 bridgehead atoms. The van der Waals surface area contributed by atoms with Crippen molar-refractivity contribution in [3.8, 4) is 11.5 Å². The number of amides is 7. The van der Waals surface area contributed by atoms with Gasteiger partial charge in [0.25, 0.3) is 29.5 Å². The Kier molecular flexibility index (Phi) is 42.3. The number of nitrogens with zero attached hydrogens (tertiary/aromatic N) is 1. The highest BCUT2D eigenvalue weighted by Crippen LogP contribution is 2.31. The third-order valence-corrected chi connectivity index (χ3v) is 14.8. The molecule has 7 N–H and O–H groups in total. The van der Waals surface area contributed by atoms with Gasteiger partial charge in [-0.2, -0.15) is 0 Å². The second-order valence-electron chi connectivity index (χ2n) is 21.4. The third-order valence-electron chi connectivity index (χ3n) is 13.8. The van der Waals surface area contributed by atoms with Crippen LogP contribution in [0.3, 0.4) is 0 Å². The summed E-state index contributed by atoms with van der Waals surface area (Å²) < 4.78 is 71.7. The number of nitrogens with one attached hydrogen (secondary N) is 5. The van der Waals surface area contributed by atoms with E-state index in [9.17, 15) is 48.6 Å². The lowest BCUT2D eigenvalue weighted by Crippen LogP contribution is -2.42. The highest BCUT2D eigenvalue weighted by atomic mass is 35.5. The predicted octanol–water partition coefficient (Wildman–Crippen LogP) is 4.87. The number of aromatic hydroxyl groups is 1. The molecule has 29 nitrogen and oxygen atoms in total. The molecule has 7 amide bonds. The van der Waals surface area contributed by atoms with E-state index in [0.717, 1.165) is 4.90 Å². The lowest BCUT2D eigenvalue weighted by atomic mass is 10.0. The molecule has 4 aromatic carbocycles. The molecule has 32 heteroatoms. The van der Waals surface area contributed by atoms with Crippen LogP contribution < -0.4 is 31.3 Å². The second kappa shape index (κ2) is 50.8. The van der Waals surface area contributed by atoms with Crippen LogP contribution in [-0.4, -0.2) is 253 Å². The van der Waals surface area contributed by atoms with E-state index >= 15 is 0 Å². The molecule has 0 fully saturated rings. The van der Waals surface area contributed by atoms with Crippen molar-refractivity contribution in [3.05, 3.63) is 134 Å². The molecule has 0 saturated heterocycles. The summed E-state index contributed by atoms with van der Waals surface area (Å²) in [5.41, 5.74) is 1.66. The number of hydrogen-bond donors (Lipinski definition) is 7. The minimum Gasteiger partial charge on any atom is -0.508 e. The van der Waals surface area contributed by atoms with Gasteiger partial charge in [0.05, 0.1) is 191 Å². The molecule has 1 aliphatic rings. The van der Waals surface area contributed by atoms with Crippen LogP contribution in [0.2, 0.25) is 15.1 Å². The van der Waals surface area contributed by atoms with Gasteiger partial charge in [0, 0.05) is 68.8 Å². The highest BCUT2D eigenvalue weighted by molar-refractivity contribution is 6.40. The molecule has 0 saturated carbocycles. The fourth-order valence-electron chi connectivity index (χ4n) is 8.71. The topological polar surface area (TPSA) is 360 Å². The molecule has 1 aliphatic heterocycles. The Hall–Kier alpha value is -7.43. The Morgan fingerprint density at radius 1 is 0.460 bits per heavy atom. The molecular weight excluding hydrogens is 1380 g/mol. The van der Waals surface area contributed by atoms with Crippen molar-refractivity contribution in [1.29, 1.82) is 0 Å². The van der Waals surface area contributed by atoms with Gasteiger partial charge in [-0.3, -0.25) is 38.5 Å². The Balaban J connectivity index is 0.733. The largest absolute Gasteiger partial charge is 0.508 e. The van der Waals surface area contributed by atoms with Crippen LogP contribution in [0, 0.1) is 0 Å². The van der Waals surface area contributed by atoms with Gasteiger partial charge in [-0.1, -0.05) is 59.1 Å². The number of carbonyl (C=O) groups excluding carboxylic acids is 7. The van der Waals surface area contributed by atoms with Gasteiger partial charge in [-0.25, -0.2) is 4.79 Å². The van der Waals surface area contributed by atoms with Crippen molar-refractivity contribution >= 4 is 87.8 Å². The van der Waals surface area contributed by atoms with Gasteiger partial charge in [0.2, 0.25) is 11.8 Å². The van der Waals surface area contributed by atoms with Crippen LogP contribution in [0.5, 0.6) is 11.5 Å². The molecule has 4 aromatic rings. The predicted molar refractivity (Wildman–Crippen MR) is 365 cm³/mol. The van der Waals surface area contributed by atoms with Crippen molar-refractivity contribution in [2.45, 2.75) is 38.3 Å². The zero-order chi connectivity index (χ0) is 71.8. The summed E-state index contributed by atoms with van der Waals surface area (Å²) in [6.07, 6.45) is 2.91. The van der Waals surface area contributed by atoms with Gasteiger partial charge in [-0.05, 0) is 72.1 Å². The number of ether oxygens (including phenoxy) is 13. The van der Waals surface area contributed by atoms with E-state index in [4.69, 9.17) is 96.4 Å². The van der Waals surface area contributed by atoms with E-state index in [2.05, 4.69) is 26.6 Å². The quantitative estimate of drug-likeness (QED) is 0.0229. The number of carbonyl (C=O) groups is 8. The molecular formula is C68H89Cl3N6O23. The number of halogens is 3. The van der Waals surface area contributed by atoms with Crippen molar-refractivity contribution in [2.75, 3.05) is 190 Å². The minimum absolute atomic E-state index is 0.00466. The van der Waals surface area contributed by atoms with E-state index in [1.165, 1.54) is 54.6 Å². The summed E-state index contributed by atoms with van der Waals surface area (Å²) >= 11 is 19.3. The summed E-state index contributed by atoms with van der Waals surface area (Å²) in [4.78, 5) is 99.6. The zero-order valence-electron chi connectivity index (χ0n) is 55.6. The van der Waals surface area contributed by atoms with Crippen molar-refractivity contribution in [3.63, 3.8) is 0 Å². The first-order valence-electron chi connectivity index (χ1n) is 32.5. The fraction of sp³-hybridized carbons (Fsp3) is 0.500. The number of imide groups is 1. The zero-order valence-corrected chi connectivity index (χ0v) is 57.9. The second-order valence-corrected chi connectivity index (χ2v) is 22.7. The number of hydrogen-bond acceptors (Lipinski definition) is 22. The number of carboxylic acids is 1. The van der Waals surface area contributed by atoms with Crippen LogP contribution in [0.4, 0.5) is 5.69 Å². The summed E-state index contributed by atoms with van der Waals surface area (Å²) in [5, 5.41) is 33.0. The SMILES string of the molecule is O=C(CCOCCOCCOCCOCCOCCOCCOCCOCCOCCOCCOCCOCCNC(=O)CCN1C(=O)C=CC1=O)NCCCOc1cc(Cl)c(C(=O)Nc2ccc(CC(NC(=O)c3ccc(C(=O)NCc4cccc(O)c4)cc3Cl)C(=O)O)cc2)c(Cl)c1. The molecule has 1 atom stereocenters. The number of aliphatic carboxylic acids is 1. The molecule has 1 unspecified atom stereocenters. The van der Waals surface area contributed by atoms with Crippen molar-refractivity contribution < 1.29 is 110 Å². The van der Waals surface area contributed by atoms with E-state index in [1.54, 1.807) is 36.4 Å². The monoisotopic (exact) mass is 1460 g/mol. The lowest BCUT2D eigenvalue weighted by molar-refractivity contribution is -0.139. The van der Waals surface area contributed by atoms with Gasteiger partial charge >= 0.3 is 5.97 Å². The number of anilines is 1. The Bertz CT molecular complexity index is 3130. The van der Waals surface area contributed by atoms with Gasteiger partial charge in [0.1, 0.15) is 17.5 Å². The van der Waals surface area contributed by atoms with Gasteiger partial charge in [0.15, 0.2) is 0 Å². The summed E-state index contributed by atoms with van der Waals surface area (Å²) in [6.45, 7) is 10.6. The minimum atomic E-state index is -1.36. The average Bonchev–Trinajstić information content (AvgIpc) is 1.06. The molecule has 0 radical (unpaired) electrons. The first-order valence-corrected chi connectivity index (χ1v) is 33.6. The van der Waals surface area contributed by atoms with Crippen LogP contribution in [0.25, 0.3) is 0 Å². The first-order chi connectivity index (χ1) is 48.6. The maximum atomic E-state index is 13.3.